The molecule has 1 aliphatic rings. The van der Waals surface area contributed by atoms with Gasteiger partial charge in [-0.2, -0.15) is 0 Å². The van der Waals surface area contributed by atoms with Gasteiger partial charge in [0.2, 0.25) is 0 Å². The largest absolute Gasteiger partial charge is 0.381 e. The summed E-state index contributed by atoms with van der Waals surface area (Å²) in [5, 5.41) is 6.79. The maximum atomic E-state index is 5.41. The molecule has 5 heteroatoms. The Morgan fingerprint density at radius 2 is 2.00 bits per heavy atom. The Morgan fingerprint density at radius 1 is 1.32 bits per heavy atom. The summed E-state index contributed by atoms with van der Waals surface area (Å²) in [5.74, 6) is 2.51. The zero-order valence-corrected chi connectivity index (χ0v) is 12.1. The highest BCUT2D eigenvalue weighted by Gasteiger charge is 2.21. The van der Waals surface area contributed by atoms with Crippen LogP contribution in [0.15, 0.2) is 6.33 Å². The minimum atomic E-state index is 0.409. The van der Waals surface area contributed by atoms with Crippen molar-refractivity contribution in [3.63, 3.8) is 0 Å². The van der Waals surface area contributed by atoms with E-state index in [0.29, 0.717) is 12.0 Å². The molecule has 2 rings (SSSR count). The average Bonchev–Trinajstić information content (AvgIpc) is 2.44. The van der Waals surface area contributed by atoms with Crippen LogP contribution in [0.1, 0.15) is 32.3 Å². The Hall–Kier alpha value is -1.36. The lowest BCUT2D eigenvalue weighted by atomic mass is 9.93. The van der Waals surface area contributed by atoms with Crippen LogP contribution in [0.4, 0.5) is 11.6 Å². The quantitative estimate of drug-likeness (QED) is 0.855. The van der Waals surface area contributed by atoms with Crippen LogP contribution in [-0.4, -0.2) is 35.8 Å². The smallest absolute Gasteiger partial charge is 0.134 e. The van der Waals surface area contributed by atoms with E-state index in [9.17, 15) is 0 Å². The van der Waals surface area contributed by atoms with Crippen LogP contribution in [0.3, 0.4) is 0 Å². The number of rotatable bonds is 5. The van der Waals surface area contributed by atoms with Gasteiger partial charge in [-0.25, -0.2) is 9.97 Å². The van der Waals surface area contributed by atoms with E-state index in [1.54, 1.807) is 6.33 Å². The first-order valence-electron chi connectivity index (χ1n) is 7.12. The molecule has 0 saturated carbocycles. The van der Waals surface area contributed by atoms with Gasteiger partial charge in [0.05, 0.1) is 0 Å². The third-order valence-electron chi connectivity index (χ3n) is 3.77. The maximum Gasteiger partial charge on any atom is 0.134 e. The van der Waals surface area contributed by atoms with Gasteiger partial charge in [0, 0.05) is 31.4 Å². The Kier molecular flexibility index (Phi) is 4.96. The van der Waals surface area contributed by atoms with Gasteiger partial charge in [-0.05, 0) is 39.5 Å². The number of nitrogens with zero attached hydrogens (tertiary/aromatic N) is 2. The molecule has 0 bridgehead atoms. The van der Waals surface area contributed by atoms with Crippen molar-refractivity contribution in [1.82, 2.24) is 9.97 Å². The van der Waals surface area contributed by atoms with Crippen molar-refractivity contribution >= 4 is 11.6 Å². The normalized spacial score (nSPS) is 18.1. The Balaban J connectivity index is 2.03. The summed E-state index contributed by atoms with van der Waals surface area (Å²) in [4.78, 5) is 8.63. The van der Waals surface area contributed by atoms with Crippen molar-refractivity contribution in [3.05, 3.63) is 11.9 Å². The summed E-state index contributed by atoms with van der Waals surface area (Å²) in [7, 11) is 0. The highest BCUT2D eigenvalue weighted by molar-refractivity contribution is 5.56. The fraction of sp³-hybridized carbons (Fsp3) is 0.714. The Morgan fingerprint density at radius 3 is 2.68 bits per heavy atom. The zero-order chi connectivity index (χ0) is 13.7. The SMILES string of the molecule is CCNc1ncnc(NC(C)C2CCOCC2)c1C. The minimum Gasteiger partial charge on any atom is -0.381 e. The van der Waals surface area contributed by atoms with Gasteiger partial charge in [0.25, 0.3) is 0 Å². The molecule has 0 radical (unpaired) electrons. The van der Waals surface area contributed by atoms with E-state index in [1.807, 2.05) is 0 Å². The number of nitrogens with one attached hydrogen (secondary N) is 2. The predicted molar refractivity (Wildman–Crippen MR) is 77.6 cm³/mol. The lowest BCUT2D eigenvalue weighted by molar-refractivity contribution is 0.0622. The van der Waals surface area contributed by atoms with Crippen LogP contribution in [0.25, 0.3) is 0 Å². The van der Waals surface area contributed by atoms with E-state index in [2.05, 4.69) is 41.4 Å². The predicted octanol–water partition coefficient (Wildman–Crippen LogP) is 2.44. The van der Waals surface area contributed by atoms with Crippen LogP contribution < -0.4 is 10.6 Å². The molecule has 19 heavy (non-hydrogen) atoms. The average molecular weight is 264 g/mol. The Bertz CT molecular complexity index is 404. The molecule has 0 amide bonds. The van der Waals surface area contributed by atoms with Gasteiger partial charge >= 0.3 is 0 Å². The number of anilines is 2. The number of ether oxygens (including phenoxy) is 1. The summed E-state index contributed by atoms with van der Waals surface area (Å²) < 4.78 is 5.41. The van der Waals surface area contributed by atoms with Gasteiger partial charge in [-0.15, -0.1) is 0 Å². The van der Waals surface area contributed by atoms with Gasteiger partial charge in [0.15, 0.2) is 0 Å². The lowest BCUT2D eigenvalue weighted by Gasteiger charge is -2.29. The van der Waals surface area contributed by atoms with E-state index < -0.39 is 0 Å². The maximum absolute atomic E-state index is 5.41. The van der Waals surface area contributed by atoms with Crippen molar-refractivity contribution in [2.75, 3.05) is 30.4 Å². The van der Waals surface area contributed by atoms with E-state index in [0.717, 1.165) is 49.8 Å². The zero-order valence-electron chi connectivity index (χ0n) is 12.1. The standard InChI is InChI=1S/C14H24N4O/c1-4-15-13-10(2)14(17-9-16-13)18-11(3)12-5-7-19-8-6-12/h9,11-12H,4-8H2,1-3H3,(H2,15,16,17,18). The second kappa shape index (κ2) is 6.70. The fourth-order valence-corrected chi connectivity index (χ4v) is 2.49. The molecule has 1 atom stereocenters. The van der Waals surface area contributed by atoms with Gasteiger partial charge in [0.1, 0.15) is 18.0 Å². The Labute approximate surface area is 115 Å². The first kappa shape index (κ1) is 14.1. The molecule has 1 unspecified atom stereocenters. The molecule has 2 N–H and O–H groups in total. The molecular weight excluding hydrogens is 240 g/mol. The topological polar surface area (TPSA) is 59.1 Å². The summed E-state index contributed by atoms with van der Waals surface area (Å²) in [6, 6.07) is 0.409. The van der Waals surface area contributed by atoms with Crippen LogP contribution in [0, 0.1) is 12.8 Å². The molecule has 106 valence electrons. The first-order chi connectivity index (χ1) is 9.22. The van der Waals surface area contributed by atoms with E-state index >= 15 is 0 Å². The van der Waals surface area contributed by atoms with Crippen molar-refractivity contribution in [2.45, 2.75) is 39.7 Å². The highest BCUT2D eigenvalue weighted by atomic mass is 16.5. The van der Waals surface area contributed by atoms with E-state index in [1.165, 1.54) is 0 Å². The van der Waals surface area contributed by atoms with Crippen LogP contribution in [-0.2, 0) is 4.74 Å². The van der Waals surface area contributed by atoms with Crippen molar-refractivity contribution < 1.29 is 4.74 Å². The fourth-order valence-electron chi connectivity index (χ4n) is 2.49. The summed E-state index contributed by atoms with van der Waals surface area (Å²) in [5.41, 5.74) is 1.09. The van der Waals surface area contributed by atoms with Gasteiger partial charge in [-0.1, -0.05) is 0 Å². The van der Waals surface area contributed by atoms with E-state index in [4.69, 9.17) is 4.74 Å². The molecule has 1 fully saturated rings. The second-order valence-corrected chi connectivity index (χ2v) is 5.11. The molecule has 2 heterocycles. The molecular formula is C14H24N4O. The summed E-state index contributed by atoms with van der Waals surface area (Å²) >= 11 is 0. The first-order valence-corrected chi connectivity index (χ1v) is 7.12. The van der Waals surface area contributed by atoms with Crippen molar-refractivity contribution in [3.8, 4) is 0 Å². The molecule has 1 aromatic rings. The molecule has 1 saturated heterocycles. The van der Waals surface area contributed by atoms with Crippen molar-refractivity contribution in [1.29, 1.82) is 0 Å². The third kappa shape index (κ3) is 3.56. The molecule has 0 spiro atoms. The molecule has 1 aliphatic heterocycles. The summed E-state index contributed by atoms with van der Waals surface area (Å²) in [6.07, 6.45) is 3.86. The molecule has 1 aromatic heterocycles. The second-order valence-electron chi connectivity index (χ2n) is 5.11. The molecule has 5 nitrogen and oxygen atoms in total. The summed E-state index contributed by atoms with van der Waals surface area (Å²) in [6.45, 7) is 8.97. The molecule has 0 aromatic carbocycles. The van der Waals surface area contributed by atoms with Gasteiger partial charge < -0.3 is 15.4 Å². The van der Waals surface area contributed by atoms with Crippen LogP contribution >= 0.6 is 0 Å². The van der Waals surface area contributed by atoms with Crippen molar-refractivity contribution in [2.24, 2.45) is 5.92 Å². The number of hydrogen-bond acceptors (Lipinski definition) is 5. The monoisotopic (exact) mass is 264 g/mol. The number of aromatic nitrogens is 2. The third-order valence-corrected chi connectivity index (χ3v) is 3.77. The van der Waals surface area contributed by atoms with Crippen LogP contribution in [0.5, 0.6) is 0 Å². The van der Waals surface area contributed by atoms with Crippen LogP contribution in [0.2, 0.25) is 0 Å². The number of hydrogen-bond donors (Lipinski definition) is 2. The highest BCUT2D eigenvalue weighted by Crippen LogP contribution is 2.24. The molecule has 0 aliphatic carbocycles. The van der Waals surface area contributed by atoms with Gasteiger partial charge in [-0.3, -0.25) is 0 Å². The minimum absolute atomic E-state index is 0.409. The van der Waals surface area contributed by atoms with E-state index in [-0.39, 0.29) is 0 Å². The lowest BCUT2D eigenvalue weighted by Crippen LogP contribution is -2.31.